The van der Waals surface area contributed by atoms with Crippen LogP contribution in [0.3, 0.4) is 0 Å². The molecule has 2 N–H and O–H groups in total. The number of carboxylic acid groups (broad SMARTS) is 1. The third-order valence-corrected chi connectivity index (χ3v) is 6.34. The lowest BCUT2D eigenvalue weighted by Gasteiger charge is -2.19. The van der Waals surface area contributed by atoms with Gasteiger partial charge < -0.3 is 15.2 Å². The quantitative estimate of drug-likeness (QED) is 0.323. The van der Waals surface area contributed by atoms with Crippen LogP contribution < -0.4 is 10.1 Å². The molecule has 0 fully saturated rings. The van der Waals surface area contributed by atoms with Gasteiger partial charge in [0.15, 0.2) is 5.82 Å². The highest BCUT2D eigenvalue weighted by Gasteiger charge is 2.21. The van der Waals surface area contributed by atoms with Crippen molar-refractivity contribution in [1.82, 2.24) is 15.3 Å². The van der Waals surface area contributed by atoms with Crippen molar-refractivity contribution in [2.24, 2.45) is 0 Å². The van der Waals surface area contributed by atoms with Crippen molar-refractivity contribution in [3.05, 3.63) is 102 Å². The van der Waals surface area contributed by atoms with Gasteiger partial charge in [0.1, 0.15) is 11.8 Å². The molecular formula is C31H31N3O4. The van der Waals surface area contributed by atoms with Crippen molar-refractivity contribution in [3.63, 3.8) is 0 Å². The molecule has 4 rings (SSSR count). The van der Waals surface area contributed by atoms with Gasteiger partial charge in [-0.15, -0.1) is 0 Å². The van der Waals surface area contributed by atoms with E-state index in [4.69, 9.17) is 4.74 Å². The molecule has 38 heavy (non-hydrogen) atoms. The van der Waals surface area contributed by atoms with Crippen LogP contribution in [0.4, 0.5) is 0 Å². The minimum Gasteiger partial charge on any atom is -0.497 e. The van der Waals surface area contributed by atoms with E-state index in [1.54, 1.807) is 36.7 Å². The Hall–Kier alpha value is -4.52. The normalized spacial score (nSPS) is 12.0. The number of hydrogen-bond acceptors (Lipinski definition) is 5. The molecule has 7 heteroatoms. The van der Waals surface area contributed by atoms with Crippen molar-refractivity contribution in [2.75, 3.05) is 7.11 Å². The standard InChI is InChI=1S/C31H31N3O4/c1-31(2,3)25-13-9-21(10-14-25)24-18-32-28(33-19-24)22-7-5-20(6-8-22)17-27(30(36)37)34-29(35)23-11-15-26(38-4)16-12-23/h5-16,18-19,27H,17H2,1-4H3,(H,34,35)(H,36,37)/t27-/m0/s1. The number of carbonyl (C=O) groups is 2. The number of carboxylic acids is 1. The first kappa shape index (κ1) is 26.5. The molecule has 0 saturated heterocycles. The van der Waals surface area contributed by atoms with Gasteiger partial charge in [-0.05, 0) is 46.4 Å². The molecule has 4 aromatic rings. The van der Waals surface area contributed by atoms with Crippen LogP contribution in [-0.4, -0.2) is 40.1 Å². The first-order chi connectivity index (χ1) is 18.1. The largest absolute Gasteiger partial charge is 0.497 e. The Bertz CT molecular complexity index is 1390. The number of rotatable bonds is 8. The van der Waals surface area contributed by atoms with Crippen LogP contribution in [0, 0.1) is 0 Å². The molecule has 3 aromatic carbocycles. The van der Waals surface area contributed by atoms with Crippen molar-refractivity contribution in [1.29, 1.82) is 0 Å². The molecule has 1 atom stereocenters. The summed E-state index contributed by atoms with van der Waals surface area (Å²) in [7, 11) is 1.54. The van der Waals surface area contributed by atoms with Crippen LogP contribution >= 0.6 is 0 Å². The summed E-state index contributed by atoms with van der Waals surface area (Å²) in [5.74, 6) is -0.373. The van der Waals surface area contributed by atoms with Gasteiger partial charge in [0, 0.05) is 35.5 Å². The molecule has 1 aromatic heterocycles. The molecule has 0 aliphatic rings. The van der Waals surface area contributed by atoms with Crippen molar-refractivity contribution < 1.29 is 19.4 Å². The predicted molar refractivity (Wildman–Crippen MR) is 147 cm³/mol. The lowest BCUT2D eigenvalue weighted by molar-refractivity contribution is -0.139. The first-order valence-electron chi connectivity index (χ1n) is 12.3. The molecular weight excluding hydrogens is 478 g/mol. The van der Waals surface area contributed by atoms with Crippen LogP contribution in [0.5, 0.6) is 5.75 Å². The summed E-state index contributed by atoms with van der Waals surface area (Å²) in [6.07, 6.45) is 3.75. The Kier molecular flexibility index (Phi) is 7.86. The van der Waals surface area contributed by atoms with Gasteiger partial charge in [-0.3, -0.25) is 4.79 Å². The van der Waals surface area contributed by atoms with E-state index in [-0.39, 0.29) is 11.8 Å². The zero-order valence-electron chi connectivity index (χ0n) is 21.9. The summed E-state index contributed by atoms with van der Waals surface area (Å²) in [6.45, 7) is 6.56. The fraction of sp³-hybridized carbons (Fsp3) is 0.226. The highest BCUT2D eigenvalue weighted by Crippen LogP contribution is 2.26. The van der Waals surface area contributed by atoms with Gasteiger partial charge in [0.05, 0.1) is 7.11 Å². The predicted octanol–water partition coefficient (Wildman–Crippen LogP) is 5.54. The number of hydrogen-bond donors (Lipinski definition) is 2. The van der Waals surface area contributed by atoms with Crippen molar-refractivity contribution >= 4 is 11.9 Å². The molecule has 0 bridgehead atoms. The monoisotopic (exact) mass is 509 g/mol. The fourth-order valence-electron chi connectivity index (χ4n) is 4.00. The lowest BCUT2D eigenvalue weighted by Crippen LogP contribution is -2.42. The summed E-state index contributed by atoms with van der Waals surface area (Å²) >= 11 is 0. The maximum atomic E-state index is 12.5. The van der Waals surface area contributed by atoms with Crippen LogP contribution in [0.15, 0.2) is 85.2 Å². The second-order valence-corrected chi connectivity index (χ2v) is 10.1. The zero-order valence-corrected chi connectivity index (χ0v) is 21.9. The van der Waals surface area contributed by atoms with E-state index >= 15 is 0 Å². The molecule has 0 unspecified atom stereocenters. The Balaban J connectivity index is 1.42. The van der Waals surface area contributed by atoms with E-state index in [0.29, 0.717) is 17.1 Å². The number of nitrogens with zero attached hydrogens (tertiary/aromatic N) is 2. The van der Waals surface area contributed by atoms with Gasteiger partial charge in [-0.25, -0.2) is 14.8 Å². The number of methoxy groups -OCH3 is 1. The topological polar surface area (TPSA) is 101 Å². The first-order valence-corrected chi connectivity index (χ1v) is 12.3. The molecule has 194 valence electrons. The molecule has 0 aliphatic heterocycles. The minimum atomic E-state index is -1.11. The maximum Gasteiger partial charge on any atom is 0.326 e. The van der Waals surface area contributed by atoms with E-state index in [1.807, 2.05) is 24.3 Å². The summed E-state index contributed by atoms with van der Waals surface area (Å²) < 4.78 is 5.09. The fourth-order valence-corrected chi connectivity index (χ4v) is 4.00. The average Bonchev–Trinajstić information content (AvgIpc) is 2.93. The number of ether oxygens (including phenoxy) is 1. The molecule has 1 amide bonds. The second-order valence-electron chi connectivity index (χ2n) is 10.1. The van der Waals surface area contributed by atoms with Crippen LogP contribution in [0.25, 0.3) is 22.5 Å². The third kappa shape index (κ3) is 6.42. The van der Waals surface area contributed by atoms with Crippen molar-refractivity contribution in [3.8, 4) is 28.3 Å². The van der Waals surface area contributed by atoms with E-state index in [0.717, 1.165) is 22.3 Å². The Morgan fingerprint density at radius 3 is 1.95 bits per heavy atom. The molecule has 0 spiro atoms. The molecule has 7 nitrogen and oxygen atoms in total. The van der Waals surface area contributed by atoms with E-state index in [2.05, 4.69) is 60.3 Å². The Morgan fingerprint density at radius 1 is 0.842 bits per heavy atom. The van der Waals surface area contributed by atoms with Crippen LogP contribution in [-0.2, 0) is 16.6 Å². The Morgan fingerprint density at radius 2 is 1.42 bits per heavy atom. The number of carbonyl (C=O) groups excluding carboxylic acids is 1. The van der Waals surface area contributed by atoms with E-state index in [1.165, 1.54) is 12.7 Å². The zero-order chi connectivity index (χ0) is 27.3. The lowest BCUT2D eigenvalue weighted by atomic mass is 9.86. The average molecular weight is 510 g/mol. The van der Waals surface area contributed by atoms with Gasteiger partial charge in [-0.2, -0.15) is 0 Å². The van der Waals surface area contributed by atoms with Gasteiger partial charge in [0.2, 0.25) is 0 Å². The van der Waals surface area contributed by atoms with Crippen LogP contribution in [0.1, 0.15) is 42.3 Å². The maximum absolute atomic E-state index is 12.5. The Labute approximate surface area is 222 Å². The highest BCUT2D eigenvalue weighted by molar-refractivity contribution is 5.96. The minimum absolute atomic E-state index is 0.0949. The summed E-state index contributed by atoms with van der Waals surface area (Å²) in [5, 5.41) is 12.3. The van der Waals surface area contributed by atoms with Gasteiger partial charge in [-0.1, -0.05) is 69.3 Å². The number of amides is 1. The van der Waals surface area contributed by atoms with Crippen molar-refractivity contribution in [2.45, 2.75) is 38.6 Å². The number of nitrogens with one attached hydrogen (secondary N) is 1. The number of benzene rings is 3. The molecule has 0 aliphatic carbocycles. The number of aromatic nitrogens is 2. The van der Waals surface area contributed by atoms with E-state index in [9.17, 15) is 14.7 Å². The summed E-state index contributed by atoms with van der Waals surface area (Å²) in [4.78, 5) is 33.4. The SMILES string of the molecule is COc1ccc(C(=O)N[C@@H](Cc2ccc(-c3ncc(-c4ccc(C(C)(C)C)cc4)cn3)cc2)C(=O)O)cc1. The molecule has 0 radical (unpaired) electrons. The highest BCUT2D eigenvalue weighted by atomic mass is 16.5. The van der Waals surface area contributed by atoms with Gasteiger partial charge in [0.25, 0.3) is 5.91 Å². The van der Waals surface area contributed by atoms with Crippen LogP contribution in [0.2, 0.25) is 0 Å². The number of aliphatic carboxylic acids is 1. The van der Waals surface area contributed by atoms with Gasteiger partial charge >= 0.3 is 5.97 Å². The summed E-state index contributed by atoms with van der Waals surface area (Å²) in [5.41, 5.74) is 5.29. The smallest absolute Gasteiger partial charge is 0.326 e. The third-order valence-electron chi connectivity index (χ3n) is 6.34. The summed E-state index contributed by atoms with van der Waals surface area (Å²) in [6, 6.07) is 21.2. The second kappa shape index (κ2) is 11.3. The molecule has 0 saturated carbocycles. The van der Waals surface area contributed by atoms with E-state index < -0.39 is 17.9 Å². The molecule has 1 heterocycles.